The average Bonchev–Trinajstić information content (AvgIpc) is 2.41. The third-order valence-corrected chi connectivity index (χ3v) is 2.43. The van der Waals surface area contributed by atoms with Crippen molar-refractivity contribution in [3.63, 3.8) is 0 Å². The number of rotatable bonds is 0. The molecule has 0 bridgehead atoms. The molecule has 2 rings (SSSR count). The van der Waals surface area contributed by atoms with Gasteiger partial charge in [0.15, 0.2) is 0 Å². The molecule has 0 aromatic heterocycles. The number of carbonyl (C=O) groups is 1. The lowest BCUT2D eigenvalue weighted by molar-refractivity contribution is 0.199. The Hall–Kier alpha value is -0.730. The van der Waals surface area contributed by atoms with Crippen LogP contribution in [0.25, 0.3) is 0 Å². The molecule has 2 fully saturated rings. The fourth-order valence-corrected chi connectivity index (χ4v) is 1.89. The summed E-state index contributed by atoms with van der Waals surface area (Å²) in [5.41, 5.74) is 0. The fourth-order valence-electron chi connectivity index (χ4n) is 1.89. The van der Waals surface area contributed by atoms with Gasteiger partial charge in [-0.25, -0.2) is 4.79 Å². The number of hydrogen-bond acceptors (Lipinski definition) is 1. The van der Waals surface area contributed by atoms with Gasteiger partial charge < -0.3 is 9.80 Å². The molecule has 2 heterocycles. The number of fused-ring (bicyclic) bond motifs is 1. The van der Waals surface area contributed by atoms with E-state index in [0.717, 1.165) is 13.1 Å². The maximum Gasteiger partial charge on any atom is 0.320 e. The number of likely N-dealkylation sites (N-methyl/N-ethyl adjacent to an activating group) is 1. The largest absolute Gasteiger partial charge is 0.326 e. The quantitative estimate of drug-likeness (QED) is 0.481. The van der Waals surface area contributed by atoms with Crippen molar-refractivity contribution in [2.45, 2.75) is 18.9 Å². The molecule has 10 heavy (non-hydrogen) atoms. The molecule has 1 atom stereocenters. The first-order chi connectivity index (χ1) is 4.79. The lowest BCUT2D eigenvalue weighted by Gasteiger charge is -2.12. The molecule has 2 aliphatic rings. The monoisotopic (exact) mass is 140 g/mol. The molecule has 56 valence electrons. The van der Waals surface area contributed by atoms with Gasteiger partial charge in [-0.3, -0.25) is 0 Å². The zero-order valence-corrected chi connectivity index (χ0v) is 6.21. The minimum absolute atomic E-state index is 0.225. The number of urea groups is 1. The number of hydrogen-bond donors (Lipinski definition) is 0. The summed E-state index contributed by atoms with van der Waals surface area (Å²) >= 11 is 0. The predicted octanol–water partition coefficient (Wildman–Crippen LogP) is 0.516. The second-order valence-electron chi connectivity index (χ2n) is 3.15. The molecule has 3 heteroatoms. The molecule has 0 aromatic carbocycles. The summed E-state index contributed by atoms with van der Waals surface area (Å²) in [6.07, 6.45) is 2.40. The summed E-state index contributed by atoms with van der Waals surface area (Å²) in [5, 5.41) is 0. The Morgan fingerprint density at radius 2 is 2.40 bits per heavy atom. The SMILES string of the molecule is CN1C[C@H]2CCCN2C1=O. The number of nitrogens with zero attached hydrogens (tertiary/aromatic N) is 2. The molecule has 0 spiro atoms. The van der Waals surface area contributed by atoms with Crippen LogP contribution in [-0.4, -0.2) is 42.0 Å². The van der Waals surface area contributed by atoms with Gasteiger partial charge in [0, 0.05) is 20.1 Å². The second kappa shape index (κ2) is 1.87. The van der Waals surface area contributed by atoms with Gasteiger partial charge in [-0.2, -0.15) is 0 Å². The maximum atomic E-state index is 11.2. The van der Waals surface area contributed by atoms with Gasteiger partial charge in [-0.05, 0) is 12.8 Å². The van der Waals surface area contributed by atoms with E-state index in [4.69, 9.17) is 0 Å². The van der Waals surface area contributed by atoms with E-state index in [1.54, 1.807) is 0 Å². The summed E-state index contributed by atoms with van der Waals surface area (Å²) in [6, 6.07) is 0.764. The van der Waals surface area contributed by atoms with Gasteiger partial charge in [0.1, 0.15) is 0 Å². The molecule has 0 radical (unpaired) electrons. The highest BCUT2D eigenvalue weighted by Gasteiger charge is 2.37. The lowest BCUT2D eigenvalue weighted by Crippen LogP contribution is -2.29. The molecule has 2 aliphatic heterocycles. The molecular weight excluding hydrogens is 128 g/mol. The Morgan fingerprint density at radius 1 is 1.60 bits per heavy atom. The van der Waals surface area contributed by atoms with Crippen molar-refractivity contribution in [1.82, 2.24) is 9.80 Å². The van der Waals surface area contributed by atoms with Crippen LogP contribution in [0.15, 0.2) is 0 Å². The van der Waals surface area contributed by atoms with E-state index in [1.807, 2.05) is 16.8 Å². The Morgan fingerprint density at radius 3 is 3.10 bits per heavy atom. The highest BCUT2D eigenvalue weighted by atomic mass is 16.2. The van der Waals surface area contributed by atoms with Crippen LogP contribution in [-0.2, 0) is 0 Å². The highest BCUT2D eigenvalue weighted by molar-refractivity contribution is 5.77. The zero-order chi connectivity index (χ0) is 7.14. The van der Waals surface area contributed by atoms with Crippen molar-refractivity contribution in [2.75, 3.05) is 20.1 Å². The van der Waals surface area contributed by atoms with Crippen molar-refractivity contribution in [2.24, 2.45) is 0 Å². The first-order valence-corrected chi connectivity index (χ1v) is 3.81. The van der Waals surface area contributed by atoms with Crippen LogP contribution < -0.4 is 0 Å². The third kappa shape index (κ3) is 0.632. The van der Waals surface area contributed by atoms with Gasteiger partial charge in [-0.15, -0.1) is 0 Å². The van der Waals surface area contributed by atoms with Crippen molar-refractivity contribution in [3.05, 3.63) is 0 Å². The summed E-state index contributed by atoms with van der Waals surface area (Å²) in [5.74, 6) is 0. The summed E-state index contributed by atoms with van der Waals surface area (Å²) in [4.78, 5) is 15.0. The van der Waals surface area contributed by atoms with Crippen LogP contribution in [0.1, 0.15) is 12.8 Å². The Balaban J connectivity index is 2.17. The molecule has 0 N–H and O–H groups in total. The van der Waals surface area contributed by atoms with E-state index >= 15 is 0 Å². The second-order valence-corrected chi connectivity index (χ2v) is 3.15. The van der Waals surface area contributed by atoms with E-state index in [-0.39, 0.29) is 6.03 Å². The molecule has 3 nitrogen and oxygen atoms in total. The van der Waals surface area contributed by atoms with Gasteiger partial charge in [0.05, 0.1) is 6.04 Å². The minimum Gasteiger partial charge on any atom is -0.326 e. The Kier molecular flexibility index (Phi) is 1.13. The fraction of sp³-hybridized carbons (Fsp3) is 0.857. The summed E-state index contributed by atoms with van der Waals surface area (Å²) in [7, 11) is 1.88. The smallest absolute Gasteiger partial charge is 0.320 e. The van der Waals surface area contributed by atoms with Crippen molar-refractivity contribution < 1.29 is 4.79 Å². The van der Waals surface area contributed by atoms with Crippen LogP contribution >= 0.6 is 0 Å². The normalized spacial score (nSPS) is 31.7. The third-order valence-electron chi connectivity index (χ3n) is 2.43. The average molecular weight is 140 g/mol. The van der Waals surface area contributed by atoms with Gasteiger partial charge in [0.2, 0.25) is 0 Å². The standard InChI is InChI=1S/C7H12N2O/c1-8-5-6-3-2-4-9(6)7(8)10/h6H,2-5H2,1H3/t6-/m1/s1. The van der Waals surface area contributed by atoms with Crippen molar-refractivity contribution in [3.8, 4) is 0 Å². The molecule has 0 aromatic rings. The van der Waals surface area contributed by atoms with E-state index in [0.29, 0.717) is 6.04 Å². The van der Waals surface area contributed by atoms with E-state index < -0.39 is 0 Å². The Bertz CT molecular complexity index is 169. The first kappa shape index (κ1) is 6.01. The summed E-state index contributed by atoms with van der Waals surface area (Å²) < 4.78 is 0. The molecular formula is C7H12N2O. The number of carbonyl (C=O) groups excluding carboxylic acids is 1. The van der Waals surface area contributed by atoms with Gasteiger partial charge in [0.25, 0.3) is 0 Å². The van der Waals surface area contributed by atoms with Crippen molar-refractivity contribution in [1.29, 1.82) is 0 Å². The molecule has 0 aliphatic carbocycles. The van der Waals surface area contributed by atoms with E-state index in [2.05, 4.69) is 0 Å². The van der Waals surface area contributed by atoms with E-state index in [1.165, 1.54) is 12.8 Å². The minimum atomic E-state index is 0.225. The van der Waals surface area contributed by atoms with Crippen molar-refractivity contribution >= 4 is 6.03 Å². The van der Waals surface area contributed by atoms with Gasteiger partial charge >= 0.3 is 6.03 Å². The topological polar surface area (TPSA) is 23.6 Å². The van der Waals surface area contributed by atoms with Gasteiger partial charge in [-0.1, -0.05) is 0 Å². The van der Waals surface area contributed by atoms with Crippen LogP contribution in [0.5, 0.6) is 0 Å². The molecule has 2 amide bonds. The van der Waals surface area contributed by atoms with Crippen LogP contribution in [0.2, 0.25) is 0 Å². The Labute approximate surface area is 60.6 Å². The number of amides is 2. The maximum absolute atomic E-state index is 11.2. The predicted molar refractivity (Wildman–Crippen MR) is 37.8 cm³/mol. The zero-order valence-electron chi connectivity index (χ0n) is 6.21. The summed E-state index contributed by atoms with van der Waals surface area (Å²) in [6.45, 7) is 1.92. The first-order valence-electron chi connectivity index (χ1n) is 3.81. The van der Waals surface area contributed by atoms with Crippen LogP contribution in [0.4, 0.5) is 4.79 Å². The van der Waals surface area contributed by atoms with Crippen LogP contribution in [0, 0.1) is 0 Å². The molecule has 0 saturated carbocycles. The molecule has 2 saturated heterocycles. The molecule has 0 unspecified atom stereocenters. The lowest BCUT2D eigenvalue weighted by atomic mass is 10.2. The van der Waals surface area contributed by atoms with Crippen LogP contribution in [0.3, 0.4) is 0 Å². The van der Waals surface area contributed by atoms with E-state index in [9.17, 15) is 4.79 Å². The highest BCUT2D eigenvalue weighted by Crippen LogP contribution is 2.24.